The molecule has 2 nitrogen and oxygen atoms in total. The average Bonchev–Trinajstić information content (AvgIpc) is 2.00. The maximum absolute atomic E-state index is 5.10. The smallest absolute Gasteiger partial charge is 0.0994 e. The maximum Gasteiger partial charge on any atom is 0.0994 e. The van der Waals surface area contributed by atoms with Crippen molar-refractivity contribution < 1.29 is 4.74 Å². The predicted octanol–water partition coefficient (Wildman–Crippen LogP) is 1.51. The van der Waals surface area contributed by atoms with E-state index in [4.69, 9.17) is 4.74 Å². The van der Waals surface area contributed by atoms with Crippen LogP contribution in [0.25, 0.3) is 0 Å². The largest absolute Gasteiger partial charge is 0.500 e. The fourth-order valence-electron chi connectivity index (χ4n) is 0.611. The number of hydrogen-bond acceptors (Lipinski definition) is 3. The first kappa shape index (κ1) is 6.81. The van der Waals surface area contributed by atoms with E-state index in [9.17, 15) is 0 Å². The number of ether oxygens (including phenoxy) is 1. The van der Waals surface area contributed by atoms with Gasteiger partial charge in [0.25, 0.3) is 0 Å². The molecule has 52 valence electrons. The van der Waals surface area contributed by atoms with E-state index >= 15 is 0 Å². The van der Waals surface area contributed by atoms with E-state index in [1.54, 1.807) is 18.2 Å². The topological polar surface area (TPSA) is 21.3 Å². The summed E-state index contributed by atoms with van der Waals surface area (Å²) >= 11 is 1.73. The molecule has 1 aliphatic rings. The van der Waals surface area contributed by atoms with Crippen molar-refractivity contribution in [3.8, 4) is 0 Å². The molecule has 1 aliphatic heterocycles. The first-order valence-electron chi connectivity index (χ1n) is 3.14. The number of rotatable bonds is 0. The Morgan fingerprint density at radius 3 is 3.44 bits per heavy atom. The van der Waals surface area contributed by atoms with Gasteiger partial charge in [0, 0.05) is 12.0 Å². The highest BCUT2D eigenvalue weighted by Gasteiger charge is 1.90. The molecule has 0 radical (unpaired) electrons. The van der Waals surface area contributed by atoms with Crippen molar-refractivity contribution in [2.24, 2.45) is 0 Å². The molecule has 0 bridgehead atoms. The van der Waals surface area contributed by atoms with Gasteiger partial charge in [0.2, 0.25) is 0 Å². The summed E-state index contributed by atoms with van der Waals surface area (Å²) in [5.41, 5.74) is 0. The van der Waals surface area contributed by atoms with Crippen molar-refractivity contribution in [2.75, 3.05) is 12.4 Å². The van der Waals surface area contributed by atoms with E-state index in [-0.39, 0.29) is 0 Å². The molecule has 1 rings (SSSR count). The summed E-state index contributed by atoms with van der Waals surface area (Å²) in [4.78, 5) is 0. The van der Waals surface area contributed by atoms with Gasteiger partial charge in [0.05, 0.1) is 12.9 Å². The van der Waals surface area contributed by atoms with Gasteiger partial charge in [-0.15, -0.1) is 0 Å². The van der Waals surface area contributed by atoms with Crippen molar-refractivity contribution in [3.05, 3.63) is 12.5 Å². The van der Waals surface area contributed by atoms with Gasteiger partial charge in [-0.1, -0.05) is 11.9 Å². The zero-order valence-corrected chi connectivity index (χ0v) is 6.12. The molecular formula is C6H11NOS. The predicted molar refractivity (Wildman–Crippen MR) is 39.9 cm³/mol. The first-order chi connectivity index (χ1) is 4.50. The van der Waals surface area contributed by atoms with Crippen molar-refractivity contribution in [1.29, 1.82) is 0 Å². The van der Waals surface area contributed by atoms with Gasteiger partial charge in [0.15, 0.2) is 0 Å². The van der Waals surface area contributed by atoms with Gasteiger partial charge >= 0.3 is 0 Å². The van der Waals surface area contributed by atoms with Crippen LogP contribution in [0.4, 0.5) is 0 Å². The Balaban J connectivity index is 2.15. The average molecular weight is 145 g/mol. The highest BCUT2D eigenvalue weighted by molar-refractivity contribution is 7.97. The Kier molecular flexibility index (Phi) is 3.45. The second kappa shape index (κ2) is 4.56. The van der Waals surface area contributed by atoms with E-state index in [1.807, 2.05) is 6.20 Å². The van der Waals surface area contributed by atoms with E-state index in [0.717, 1.165) is 6.61 Å². The van der Waals surface area contributed by atoms with Gasteiger partial charge in [0.1, 0.15) is 0 Å². The zero-order chi connectivity index (χ0) is 6.36. The minimum absolute atomic E-state index is 0.860. The second-order valence-electron chi connectivity index (χ2n) is 1.85. The summed E-state index contributed by atoms with van der Waals surface area (Å²) in [6, 6.07) is 0. The Labute approximate surface area is 59.8 Å². The lowest BCUT2D eigenvalue weighted by Gasteiger charge is -1.95. The van der Waals surface area contributed by atoms with E-state index in [0.29, 0.717) is 0 Å². The van der Waals surface area contributed by atoms with Gasteiger partial charge in [-0.3, -0.25) is 0 Å². The number of hydrogen-bond donors (Lipinski definition) is 1. The fourth-order valence-corrected chi connectivity index (χ4v) is 1.23. The lowest BCUT2D eigenvalue weighted by atomic mass is 10.4. The van der Waals surface area contributed by atoms with Gasteiger partial charge in [-0.25, -0.2) is 0 Å². The third-order valence-corrected chi connectivity index (χ3v) is 1.87. The van der Waals surface area contributed by atoms with Gasteiger partial charge < -0.3 is 9.46 Å². The minimum atomic E-state index is 0.860. The van der Waals surface area contributed by atoms with Crippen LogP contribution in [0, 0.1) is 0 Å². The first-order valence-corrected chi connectivity index (χ1v) is 4.12. The molecule has 1 N–H and O–H groups in total. The molecule has 0 spiro atoms. The molecule has 3 heteroatoms. The molecular weight excluding hydrogens is 134 g/mol. The lowest BCUT2D eigenvalue weighted by Crippen LogP contribution is -1.91. The van der Waals surface area contributed by atoms with Gasteiger partial charge in [-0.05, 0) is 12.8 Å². The number of nitrogens with one attached hydrogen (secondary N) is 1. The van der Waals surface area contributed by atoms with Crippen molar-refractivity contribution >= 4 is 11.9 Å². The van der Waals surface area contributed by atoms with E-state index in [1.165, 1.54) is 18.6 Å². The Bertz CT molecular complexity index is 85.1. The van der Waals surface area contributed by atoms with Crippen LogP contribution in [-0.2, 0) is 4.74 Å². The van der Waals surface area contributed by atoms with Crippen LogP contribution in [0.15, 0.2) is 12.5 Å². The molecule has 0 unspecified atom stereocenters. The molecule has 0 saturated carbocycles. The molecule has 0 atom stereocenters. The maximum atomic E-state index is 5.10. The van der Waals surface area contributed by atoms with Crippen LogP contribution in [-0.4, -0.2) is 12.4 Å². The fraction of sp³-hybridized carbons (Fsp3) is 0.667. The summed E-state index contributed by atoms with van der Waals surface area (Å²) in [5, 5.41) is 0. The third-order valence-electron chi connectivity index (χ3n) is 1.07. The molecule has 1 heterocycles. The van der Waals surface area contributed by atoms with Crippen LogP contribution >= 0.6 is 11.9 Å². The van der Waals surface area contributed by atoms with Crippen LogP contribution in [0.1, 0.15) is 12.8 Å². The highest BCUT2D eigenvalue weighted by atomic mass is 32.2. The molecule has 0 aromatic carbocycles. The third kappa shape index (κ3) is 3.30. The van der Waals surface area contributed by atoms with Crippen LogP contribution in [0.3, 0.4) is 0 Å². The summed E-state index contributed by atoms with van der Waals surface area (Å²) in [6.07, 6.45) is 5.94. The second-order valence-corrected chi connectivity index (χ2v) is 2.78. The van der Waals surface area contributed by atoms with Crippen LogP contribution in [0.5, 0.6) is 0 Å². The summed E-state index contributed by atoms with van der Waals surface area (Å²) in [5.74, 6) is 1.17. The molecule has 0 amide bonds. The molecule has 0 aromatic rings. The summed E-state index contributed by atoms with van der Waals surface area (Å²) in [7, 11) is 0. The van der Waals surface area contributed by atoms with Crippen molar-refractivity contribution in [1.82, 2.24) is 4.72 Å². The van der Waals surface area contributed by atoms with E-state index < -0.39 is 0 Å². The van der Waals surface area contributed by atoms with E-state index in [2.05, 4.69) is 4.72 Å². The summed E-state index contributed by atoms with van der Waals surface area (Å²) < 4.78 is 8.14. The normalized spacial score (nSPS) is 24.0. The molecule has 0 saturated heterocycles. The summed E-state index contributed by atoms with van der Waals surface area (Å²) in [6.45, 7) is 0.860. The zero-order valence-electron chi connectivity index (χ0n) is 5.30. The molecule has 9 heavy (non-hydrogen) atoms. The molecule has 0 aromatic heterocycles. The Morgan fingerprint density at radius 1 is 1.44 bits per heavy atom. The quantitative estimate of drug-likeness (QED) is 0.522. The monoisotopic (exact) mass is 145 g/mol. The standard InChI is InChI=1S/C6H11NOS/c1-2-6-9-7-3-5-8-4-1/h3,5,7H,1-2,4,6H2/b5-3-. The minimum Gasteiger partial charge on any atom is -0.500 e. The SMILES string of the molecule is C1=C\OCCCCSN/1. The molecule has 0 fully saturated rings. The Hall–Kier alpha value is -0.310. The lowest BCUT2D eigenvalue weighted by molar-refractivity contribution is 0.243. The highest BCUT2D eigenvalue weighted by Crippen LogP contribution is 2.02. The van der Waals surface area contributed by atoms with Crippen molar-refractivity contribution in [3.63, 3.8) is 0 Å². The van der Waals surface area contributed by atoms with Crippen molar-refractivity contribution in [2.45, 2.75) is 12.8 Å². The molecule has 0 aliphatic carbocycles. The van der Waals surface area contributed by atoms with Crippen LogP contribution in [0.2, 0.25) is 0 Å². The Morgan fingerprint density at radius 2 is 2.44 bits per heavy atom. The van der Waals surface area contributed by atoms with Gasteiger partial charge in [-0.2, -0.15) is 0 Å². The van der Waals surface area contributed by atoms with Crippen LogP contribution < -0.4 is 4.72 Å².